The predicted molar refractivity (Wildman–Crippen MR) is 67.1 cm³/mol. The Bertz CT molecular complexity index is 260. The van der Waals surface area contributed by atoms with Gasteiger partial charge in [-0.1, -0.05) is 13.5 Å². The van der Waals surface area contributed by atoms with E-state index in [2.05, 4.69) is 19.6 Å². The standard InChI is InChI=1S/C12H19NO2S/c1-4-11(6-8-13)16-9-7-10(3)15-12(14)5-2/h5,10-11H,2,4,6-7,9H2,1,3H3. The van der Waals surface area contributed by atoms with Gasteiger partial charge in [0.1, 0.15) is 6.10 Å². The first-order chi connectivity index (χ1) is 7.63. The zero-order valence-electron chi connectivity index (χ0n) is 9.94. The van der Waals surface area contributed by atoms with Crippen molar-refractivity contribution in [3.05, 3.63) is 12.7 Å². The van der Waals surface area contributed by atoms with Crippen LogP contribution in [0.1, 0.15) is 33.1 Å². The Morgan fingerprint density at radius 2 is 2.38 bits per heavy atom. The lowest BCUT2D eigenvalue weighted by molar-refractivity contribution is -0.142. The molecule has 0 spiro atoms. The molecule has 0 amide bonds. The number of nitrogens with zero attached hydrogens (tertiary/aromatic N) is 1. The first kappa shape index (κ1) is 15.0. The summed E-state index contributed by atoms with van der Waals surface area (Å²) in [6.07, 6.45) is 3.49. The molecule has 0 fully saturated rings. The van der Waals surface area contributed by atoms with Gasteiger partial charge in [0, 0.05) is 17.7 Å². The second-order valence-corrected chi connectivity index (χ2v) is 4.91. The van der Waals surface area contributed by atoms with Crippen LogP contribution in [0.2, 0.25) is 0 Å². The summed E-state index contributed by atoms with van der Waals surface area (Å²) in [5.74, 6) is 0.535. The van der Waals surface area contributed by atoms with Crippen LogP contribution in [0.15, 0.2) is 12.7 Å². The van der Waals surface area contributed by atoms with Gasteiger partial charge in [-0.15, -0.1) is 0 Å². The molecule has 0 aromatic carbocycles. The second kappa shape index (κ2) is 9.29. The van der Waals surface area contributed by atoms with Crippen molar-refractivity contribution < 1.29 is 9.53 Å². The topological polar surface area (TPSA) is 50.1 Å². The molecule has 0 radical (unpaired) electrons. The molecule has 0 aliphatic rings. The number of hydrogen-bond acceptors (Lipinski definition) is 4. The molecule has 16 heavy (non-hydrogen) atoms. The van der Waals surface area contributed by atoms with E-state index in [4.69, 9.17) is 10.00 Å². The third kappa shape index (κ3) is 7.36. The highest BCUT2D eigenvalue weighted by molar-refractivity contribution is 7.99. The van der Waals surface area contributed by atoms with Gasteiger partial charge in [-0.2, -0.15) is 17.0 Å². The Hall–Kier alpha value is -0.950. The maximum atomic E-state index is 10.9. The fourth-order valence-corrected chi connectivity index (χ4v) is 2.36. The summed E-state index contributed by atoms with van der Waals surface area (Å²) in [4.78, 5) is 10.9. The van der Waals surface area contributed by atoms with Crippen molar-refractivity contribution in [2.75, 3.05) is 5.75 Å². The Morgan fingerprint density at radius 1 is 1.69 bits per heavy atom. The maximum Gasteiger partial charge on any atom is 0.330 e. The molecule has 0 bridgehead atoms. The highest BCUT2D eigenvalue weighted by Gasteiger charge is 2.09. The number of ether oxygens (including phenoxy) is 1. The minimum atomic E-state index is -0.374. The highest BCUT2D eigenvalue weighted by atomic mass is 32.2. The number of carbonyl (C=O) groups is 1. The molecular weight excluding hydrogens is 222 g/mol. The lowest BCUT2D eigenvalue weighted by atomic mass is 10.3. The summed E-state index contributed by atoms with van der Waals surface area (Å²) >= 11 is 1.77. The predicted octanol–water partition coefficient (Wildman–Crippen LogP) is 2.92. The average Bonchev–Trinajstić information content (AvgIpc) is 2.27. The Labute approximate surface area is 102 Å². The first-order valence-corrected chi connectivity index (χ1v) is 6.50. The van der Waals surface area contributed by atoms with Crippen LogP contribution in [0, 0.1) is 11.3 Å². The van der Waals surface area contributed by atoms with Crippen LogP contribution in [-0.2, 0) is 9.53 Å². The molecule has 0 heterocycles. The van der Waals surface area contributed by atoms with Crippen molar-refractivity contribution in [3.8, 4) is 6.07 Å². The minimum Gasteiger partial charge on any atom is -0.459 e. The third-order valence-electron chi connectivity index (χ3n) is 2.14. The van der Waals surface area contributed by atoms with Crippen molar-refractivity contribution in [2.45, 2.75) is 44.5 Å². The van der Waals surface area contributed by atoms with Crippen molar-refractivity contribution in [1.82, 2.24) is 0 Å². The van der Waals surface area contributed by atoms with Crippen LogP contribution in [0.3, 0.4) is 0 Å². The van der Waals surface area contributed by atoms with Gasteiger partial charge in [-0.3, -0.25) is 0 Å². The molecule has 0 aliphatic heterocycles. The number of hydrogen-bond donors (Lipinski definition) is 0. The van der Waals surface area contributed by atoms with Crippen LogP contribution in [0.4, 0.5) is 0 Å². The molecule has 0 N–H and O–H groups in total. The molecule has 4 heteroatoms. The lowest BCUT2D eigenvalue weighted by Gasteiger charge is -2.14. The highest BCUT2D eigenvalue weighted by Crippen LogP contribution is 2.19. The van der Waals surface area contributed by atoms with E-state index in [-0.39, 0.29) is 12.1 Å². The van der Waals surface area contributed by atoms with Crippen molar-refractivity contribution in [1.29, 1.82) is 5.26 Å². The summed E-state index contributed by atoms with van der Waals surface area (Å²) in [6.45, 7) is 7.29. The number of thioether (sulfide) groups is 1. The van der Waals surface area contributed by atoms with Gasteiger partial charge in [-0.05, 0) is 25.5 Å². The zero-order chi connectivity index (χ0) is 12.4. The Balaban J connectivity index is 3.67. The number of esters is 1. The summed E-state index contributed by atoms with van der Waals surface area (Å²) in [6, 6.07) is 2.18. The monoisotopic (exact) mass is 241 g/mol. The van der Waals surface area contributed by atoms with Crippen LogP contribution in [0.25, 0.3) is 0 Å². The Morgan fingerprint density at radius 3 is 2.88 bits per heavy atom. The molecule has 0 aliphatic carbocycles. The number of rotatable bonds is 8. The quantitative estimate of drug-likeness (QED) is 0.484. The van der Waals surface area contributed by atoms with Crippen molar-refractivity contribution in [2.24, 2.45) is 0 Å². The smallest absolute Gasteiger partial charge is 0.330 e. The molecule has 3 nitrogen and oxygen atoms in total. The van der Waals surface area contributed by atoms with Crippen molar-refractivity contribution in [3.63, 3.8) is 0 Å². The zero-order valence-corrected chi connectivity index (χ0v) is 10.8. The summed E-state index contributed by atoms with van der Waals surface area (Å²) in [5.41, 5.74) is 0. The van der Waals surface area contributed by atoms with E-state index < -0.39 is 0 Å². The van der Waals surface area contributed by atoms with Gasteiger partial charge in [0.25, 0.3) is 0 Å². The molecule has 0 rings (SSSR count). The van der Waals surface area contributed by atoms with Gasteiger partial charge >= 0.3 is 5.97 Å². The van der Waals surface area contributed by atoms with E-state index in [0.29, 0.717) is 11.7 Å². The van der Waals surface area contributed by atoms with E-state index in [1.165, 1.54) is 6.08 Å². The van der Waals surface area contributed by atoms with Crippen LogP contribution in [0.5, 0.6) is 0 Å². The van der Waals surface area contributed by atoms with Crippen LogP contribution < -0.4 is 0 Å². The van der Waals surface area contributed by atoms with Gasteiger partial charge < -0.3 is 4.74 Å². The molecule has 0 saturated heterocycles. The minimum absolute atomic E-state index is 0.0856. The fraction of sp³-hybridized carbons (Fsp3) is 0.667. The lowest BCUT2D eigenvalue weighted by Crippen LogP contribution is -2.14. The normalized spacial score (nSPS) is 13.6. The maximum absolute atomic E-state index is 10.9. The van der Waals surface area contributed by atoms with E-state index in [1.54, 1.807) is 11.8 Å². The van der Waals surface area contributed by atoms with Gasteiger partial charge in [0.15, 0.2) is 0 Å². The average molecular weight is 241 g/mol. The van der Waals surface area contributed by atoms with Gasteiger partial charge in [0.05, 0.1) is 6.07 Å². The first-order valence-electron chi connectivity index (χ1n) is 5.45. The Kier molecular flexibility index (Phi) is 8.74. The molecule has 0 aromatic heterocycles. The van der Waals surface area contributed by atoms with Gasteiger partial charge in [0.2, 0.25) is 0 Å². The van der Waals surface area contributed by atoms with E-state index in [1.807, 2.05) is 6.92 Å². The number of nitriles is 1. The SMILES string of the molecule is C=CC(=O)OC(C)CCSC(CC)CC#N. The summed E-state index contributed by atoms with van der Waals surface area (Å²) in [7, 11) is 0. The molecule has 0 aromatic rings. The van der Waals surface area contributed by atoms with Crippen molar-refractivity contribution >= 4 is 17.7 Å². The van der Waals surface area contributed by atoms with Crippen LogP contribution >= 0.6 is 11.8 Å². The van der Waals surface area contributed by atoms with E-state index in [9.17, 15) is 4.79 Å². The molecular formula is C12H19NO2S. The molecule has 90 valence electrons. The fourth-order valence-electron chi connectivity index (χ4n) is 1.13. The van der Waals surface area contributed by atoms with E-state index >= 15 is 0 Å². The van der Waals surface area contributed by atoms with E-state index in [0.717, 1.165) is 18.6 Å². The molecule has 2 atom stereocenters. The number of carbonyl (C=O) groups excluding carboxylic acids is 1. The molecule has 0 saturated carbocycles. The van der Waals surface area contributed by atoms with Crippen LogP contribution in [-0.4, -0.2) is 23.1 Å². The summed E-state index contributed by atoms with van der Waals surface area (Å²) in [5, 5.41) is 8.98. The molecule has 2 unspecified atom stereocenters. The third-order valence-corrected chi connectivity index (χ3v) is 3.58. The van der Waals surface area contributed by atoms with Gasteiger partial charge in [-0.25, -0.2) is 4.79 Å². The largest absolute Gasteiger partial charge is 0.459 e. The summed E-state index contributed by atoms with van der Waals surface area (Å²) < 4.78 is 5.04. The second-order valence-electron chi connectivity index (χ2n) is 3.50.